The smallest absolute Gasteiger partial charge is 0.234 e. The maximum atomic E-state index is 2.45. The van der Waals surface area contributed by atoms with Crippen molar-refractivity contribution in [2.24, 2.45) is 0 Å². The van der Waals surface area contributed by atoms with Gasteiger partial charge < -0.3 is 0 Å². The molecule has 0 atom stereocenters. The van der Waals surface area contributed by atoms with Crippen LogP contribution in [0, 0.1) is 0 Å². The number of rotatable bonds is 6. The summed E-state index contributed by atoms with van der Waals surface area (Å²) in [6.07, 6.45) is 3.56. The first-order valence-corrected chi connectivity index (χ1v) is 10.0. The first kappa shape index (κ1) is 18.7. The fourth-order valence-electron chi connectivity index (χ4n) is 3.55. The van der Waals surface area contributed by atoms with Crippen LogP contribution in [0.25, 0.3) is 0 Å². The molecule has 26 heavy (non-hydrogen) atoms. The van der Waals surface area contributed by atoms with Crippen LogP contribution < -0.4 is 0 Å². The Morgan fingerprint density at radius 1 is 0.808 bits per heavy atom. The molecule has 2 nitrogen and oxygen atoms in total. The van der Waals surface area contributed by atoms with Crippen molar-refractivity contribution in [1.82, 2.24) is 4.90 Å². The molecule has 0 unspecified atom stereocenters. The fourth-order valence-corrected chi connectivity index (χ4v) is 3.55. The van der Waals surface area contributed by atoms with Crippen molar-refractivity contribution in [1.29, 1.82) is 0 Å². The van der Waals surface area contributed by atoms with Crippen molar-refractivity contribution in [2.75, 3.05) is 13.1 Å². The van der Waals surface area contributed by atoms with Crippen LogP contribution in [0.1, 0.15) is 68.2 Å². The van der Waals surface area contributed by atoms with E-state index in [1.807, 2.05) is 0 Å². The number of benzene rings is 2. The highest BCUT2D eigenvalue weighted by molar-refractivity contribution is 5.50. The van der Waals surface area contributed by atoms with E-state index in [0.29, 0.717) is 11.8 Å². The molecule has 2 aromatic carbocycles. The lowest BCUT2D eigenvalue weighted by molar-refractivity contribution is -0.549. The van der Waals surface area contributed by atoms with Crippen LogP contribution in [0.3, 0.4) is 0 Å². The Morgan fingerprint density at radius 3 is 1.88 bits per heavy atom. The van der Waals surface area contributed by atoms with Crippen molar-refractivity contribution in [3.63, 3.8) is 0 Å². The monoisotopic (exact) mass is 349 g/mol. The van der Waals surface area contributed by atoms with Gasteiger partial charge in [-0.2, -0.15) is 0 Å². The Kier molecular flexibility index (Phi) is 6.13. The van der Waals surface area contributed by atoms with Crippen LogP contribution in [-0.4, -0.2) is 28.9 Å². The van der Waals surface area contributed by atoms with Crippen LogP contribution in [0.4, 0.5) is 0 Å². The fraction of sp³-hybridized carbons (Fsp3) is 0.458. The van der Waals surface area contributed by atoms with Gasteiger partial charge in [-0.3, -0.25) is 9.48 Å². The van der Waals surface area contributed by atoms with Gasteiger partial charge in [0.2, 0.25) is 6.34 Å². The SMILES string of the molecule is CC(C)c1ccc(CN2C=[N+](Cc3ccc(C(C)C)cc3)CCC2)cc1. The van der Waals surface area contributed by atoms with E-state index in [4.69, 9.17) is 0 Å². The van der Waals surface area contributed by atoms with Gasteiger partial charge in [-0.25, -0.2) is 0 Å². The van der Waals surface area contributed by atoms with Gasteiger partial charge in [0.25, 0.3) is 0 Å². The first-order chi connectivity index (χ1) is 12.5. The molecule has 0 aromatic heterocycles. The topological polar surface area (TPSA) is 6.25 Å². The predicted octanol–water partition coefficient (Wildman–Crippen LogP) is 5.38. The molecule has 0 radical (unpaired) electrons. The summed E-state index contributed by atoms with van der Waals surface area (Å²) in [5.74, 6) is 1.20. The Labute approximate surface area is 159 Å². The average molecular weight is 350 g/mol. The second-order valence-electron chi connectivity index (χ2n) is 8.20. The molecule has 3 rings (SSSR count). The van der Waals surface area contributed by atoms with E-state index < -0.39 is 0 Å². The molecule has 2 heteroatoms. The van der Waals surface area contributed by atoms with Gasteiger partial charge in [0, 0.05) is 6.42 Å². The number of nitrogens with zero attached hydrogens (tertiary/aromatic N) is 2. The summed E-state index contributed by atoms with van der Waals surface area (Å²) in [6, 6.07) is 18.2. The molecule has 0 bridgehead atoms. The third kappa shape index (κ3) is 4.97. The van der Waals surface area contributed by atoms with Crippen LogP contribution in [0.2, 0.25) is 0 Å². The molecule has 0 spiro atoms. The van der Waals surface area contributed by atoms with Gasteiger partial charge in [0.15, 0.2) is 0 Å². The van der Waals surface area contributed by atoms with E-state index in [2.05, 4.69) is 92.0 Å². The van der Waals surface area contributed by atoms with Crippen molar-refractivity contribution in [3.8, 4) is 0 Å². The summed E-state index contributed by atoms with van der Waals surface area (Å²) in [4.78, 5) is 2.45. The largest absolute Gasteiger partial charge is 0.264 e. The molecular weight excluding hydrogens is 316 g/mol. The Bertz CT molecular complexity index is 724. The lowest BCUT2D eigenvalue weighted by atomic mass is 10.0. The highest BCUT2D eigenvalue weighted by Gasteiger charge is 2.17. The minimum absolute atomic E-state index is 0.600. The molecule has 0 saturated heterocycles. The van der Waals surface area contributed by atoms with E-state index >= 15 is 0 Å². The summed E-state index contributed by atoms with van der Waals surface area (Å²) in [5.41, 5.74) is 5.63. The number of hydrogen-bond acceptors (Lipinski definition) is 1. The summed E-state index contributed by atoms with van der Waals surface area (Å²) >= 11 is 0. The third-order valence-electron chi connectivity index (χ3n) is 5.28. The van der Waals surface area contributed by atoms with Crippen molar-refractivity contribution >= 4 is 6.34 Å². The Hall–Kier alpha value is -2.09. The maximum absolute atomic E-state index is 2.45. The van der Waals surface area contributed by atoms with Gasteiger partial charge in [0.1, 0.15) is 13.1 Å². The van der Waals surface area contributed by atoms with Gasteiger partial charge in [-0.15, -0.1) is 0 Å². The summed E-state index contributed by atoms with van der Waals surface area (Å²) in [7, 11) is 0. The van der Waals surface area contributed by atoms with Gasteiger partial charge >= 0.3 is 0 Å². The van der Waals surface area contributed by atoms with Crippen molar-refractivity contribution in [3.05, 3.63) is 70.8 Å². The molecule has 2 aromatic rings. The minimum atomic E-state index is 0.600. The lowest BCUT2D eigenvalue weighted by Crippen LogP contribution is -2.35. The van der Waals surface area contributed by atoms with Gasteiger partial charge in [-0.05, 0) is 34.1 Å². The Balaban J connectivity index is 1.63. The quantitative estimate of drug-likeness (QED) is 0.635. The van der Waals surface area contributed by atoms with E-state index in [0.717, 1.165) is 26.2 Å². The van der Waals surface area contributed by atoms with E-state index in [1.165, 1.54) is 28.7 Å². The molecular formula is C24H33N2+. The van der Waals surface area contributed by atoms with Crippen molar-refractivity contribution < 1.29 is 4.58 Å². The lowest BCUT2D eigenvalue weighted by Gasteiger charge is -2.21. The van der Waals surface area contributed by atoms with Crippen molar-refractivity contribution in [2.45, 2.75) is 59.0 Å². The molecule has 1 aliphatic heterocycles. The summed E-state index contributed by atoms with van der Waals surface area (Å²) in [5, 5.41) is 0. The second-order valence-corrected chi connectivity index (χ2v) is 8.20. The zero-order chi connectivity index (χ0) is 18.5. The molecule has 0 fully saturated rings. The standard InChI is InChI=1S/C24H33N2/c1-19(2)23-10-6-21(7-11-23)16-25-14-5-15-26(18-25)17-22-8-12-24(13-9-22)20(3)4/h6-13,18-20H,5,14-17H2,1-4H3/q+1. The molecule has 138 valence electrons. The molecule has 0 amide bonds. The first-order valence-electron chi connectivity index (χ1n) is 10.0. The molecule has 1 aliphatic rings. The van der Waals surface area contributed by atoms with Crippen LogP contribution in [-0.2, 0) is 13.1 Å². The van der Waals surface area contributed by atoms with Crippen LogP contribution in [0.15, 0.2) is 48.5 Å². The predicted molar refractivity (Wildman–Crippen MR) is 111 cm³/mol. The van der Waals surface area contributed by atoms with E-state index in [9.17, 15) is 0 Å². The normalized spacial score (nSPS) is 14.8. The molecule has 0 aliphatic carbocycles. The average Bonchev–Trinajstić information content (AvgIpc) is 2.63. The third-order valence-corrected chi connectivity index (χ3v) is 5.28. The highest BCUT2D eigenvalue weighted by Crippen LogP contribution is 2.17. The minimum Gasteiger partial charge on any atom is -0.264 e. The Morgan fingerprint density at radius 2 is 1.35 bits per heavy atom. The molecule has 1 heterocycles. The van der Waals surface area contributed by atoms with E-state index in [1.54, 1.807) is 0 Å². The van der Waals surface area contributed by atoms with Crippen LogP contribution in [0.5, 0.6) is 0 Å². The second kappa shape index (κ2) is 8.53. The number of hydrogen-bond donors (Lipinski definition) is 0. The van der Waals surface area contributed by atoms with Crippen LogP contribution >= 0.6 is 0 Å². The van der Waals surface area contributed by atoms with Gasteiger partial charge in [-0.1, -0.05) is 76.2 Å². The van der Waals surface area contributed by atoms with E-state index in [-0.39, 0.29) is 0 Å². The maximum Gasteiger partial charge on any atom is 0.234 e. The zero-order valence-electron chi connectivity index (χ0n) is 16.8. The highest BCUT2D eigenvalue weighted by atomic mass is 15.2. The zero-order valence-corrected chi connectivity index (χ0v) is 16.8. The summed E-state index contributed by atoms with van der Waals surface area (Å²) in [6.45, 7) is 13.3. The molecule has 0 saturated carbocycles. The van der Waals surface area contributed by atoms with Gasteiger partial charge in [0.05, 0.1) is 13.1 Å². The molecule has 0 N–H and O–H groups in total. The summed E-state index contributed by atoms with van der Waals surface area (Å²) < 4.78 is 2.45.